The maximum atomic E-state index is 12.1. The van der Waals surface area contributed by atoms with E-state index in [9.17, 15) is 13.2 Å². The van der Waals surface area contributed by atoms with Crippen molar-refractivity contribution in [3.63, 3.8) is 0 Å². The van der Waals surface area contributed by atoms with E-state index in [0.29, 0.717) is 5.56 Å². The summed E-state index contributed by atoms with van der Waals surface area (Å²) in [5, 5.41) is 0. The molecule has 0 spiro atoms. The number of hydrogen-bond acceptors (Lipinski definition) is 4. The molecule has 22 heavy (non-hydrogen) atoms. The molecule has 0 atom stereocenters. The van der Waals surface area contributed by atoms with Gasteiger partial charge < -0.3 is 4.18 Å². The Balaban J connectivity index is 2.58. The van der Waals surface area contributed by atoms with E-state index < -0.39 is 15.5 Å². The molecule has 4 nitrogen and oxygen atoms in total. The number of carbonyl (C=O) groups excluding carboxylic acids is 1. The van der Waals surface area contributed by atoms with Crippen molar-refractivity contribution in [2.75, 3.05) is 0 Å². The molecule has 0 amide bonds. The zero-order valence-electron chi connectivity index (χ0n) is 13.4. The lowest BCUT2D eigenvalue weighted by Gasteiger charge is -2.20. The summed E-state index contributed by atoms with van der Waals surface area (Å²) in [6.07, 6.45) is 4.93. The van der Waals surface area contributed by atoms with Crippen LogP contribution in [0.4, 0.5) is 0 Å². The maximum Gasteiger partial charge on any atom is 0.312 e. The van der Waals surface area contributed by atoms with Gasteiger partial charge in [0.05, 0.1) is 0 Å². The van der Waals surface area contributed by atoms with Crippen molar-refractivity contribution in [3.05, 3.63) is 48.2 Å². The minimum Gasteiger partial charge on any atom is -0.390 e. The molecular formula is C17H24O4S. The maximum absolute atomic E-state index is 12.1. The van der Waals surface area contributed by atoms with Gasteiger partial charge in [0.1, 0.15) is 12.0 Å². The first kappa shape index (κ1) is 18.4. The van der Waals surface area contributed by atoms with Crippen molar-refractivity contribution < 1.29 is 17.4 Å². The van der Waals surface area contributed by atoms with Crippen LogP contribution in [-0.4, -0.2) is 14.2 Å². The molecule has 0 unspecified atom stereocenters. The monoisotopic (exact) mass is 324 g/mol. The number of allylic oxidation sites excluding steroid dienone is 1. The summed E-state index contributed by atoms with van der Waals surface area (Å²) in [5.74, 6) is -0.346. The van der Waals surface area contributed by atoms with Crippen LogP contribution in [0.3, 0.4) is 0 Å². The van der Waals surface area contributed by atoms with E-state index in [-0.39, 0.29) is 11.5 Å². The number of hydrogen-bond donors (Lipinski definition) is 0. The molecule has 0 bridgehead atoms. The molecule has 0 saturated heterocycles. The minimum absolute atomic E-state index is 0.129. The Morgan fingerprint density at radius 2 is 1.86 bits per heavy atom. The highest BCUT2D eigenvalue weighted by atomic mass is 32.2. The summed E-state index contributed by atoms with van der Waals surface area (Å²) in [6.45, 7) is 5.78. The van der Waals surface area contributed by atoms with Crippen LogP contribution < -0.4 is 0 Å². The molecule has 0 fully saturated rings. The fourth-order valence-electron chi connectivity index (χ4n) is 1.95. The Kier molecular flexibility index (Phi) is 6.81. The molecule has 0 saturated carbocycles. The van der Waals surface area contributed by atoms with Crippen LogP contribution in [0.2, 0.25) is 0 Å². The van der Waals surface area contributed by atoms with E-state index in [1.807, 2.05) is 19.9 Å². The van der Waals surface area contributed by atoms with Crippen molar-refractivity contribution in [3.8, 4) is 0 Å². The van der Waals surface area contributed by atoms with Gasteiger partial charge in [-0.15, -0.1) is 0 Å². The van der Waals surface area contributed by atoms with Crippen molar-refractivity contribution in [2.24, 2.45) is 5.41 Å². The highest BCUT2D eigenvalue weighted by Gasteiger charge is 2.24. The fourth-order valence-corrected chi connectivity index (χ4v) is 2.85. The topological polar surface area (TPSA) is 60.4 Å². The van der Waals surface area contributed by atoms with Gasteiger partial charge in [-0.1, -0.05) is 63.9 Å². The Morgan fingerprint density at radius 3 is 2.45 bits per heavy atom. The third kappa shape index (κ3) is 6.43. The van der Waals surface area contributed by atoms with Crippen LogP contribution >= 0.6 is 0 Å². The third-order valence-corrected chi connectivity index (χ3v) is 4.52. The zero-order chi connectivity index (χ0) is 16.6. The normalized spacial score (nSPS) is 12.5. The van der Waals surface area contributed by atoms with E-state index >= 15 is 0 Å². The summed E-state index contributed by atoms with van der Waals surface area (Å²) in [7, 11) is -3.73. The first-order valence-electron chi connectivity index (χ1n) is 7.43. The van der Waals surface area contributed by atoms with Gasteiger partial charge in [-0.3, -0.25) is 4.79 Å². The molecule has 5 heteroatoms. The molecule has 0 aliphatic carbocycles. The molecule has 0 aliphatic rings. The van der Waals surface area contributed by atoms with Gasteiger partial charge in [0, 0.05) is 11.5 Å². The minimum atomic E-state index is -3.73. The summed E-state index contributed by atoms with van der Waals surface area (Å²) in [6, 6.07) is 8.77. The van der Waals surface area contributed by atoms with E-state index in [1.54, 1.807) is 24.3 Å². The van der Waals surface area contributed by atoms with Gasteiger partial charge in [0.25, 0.3) is 0 Å². The van der Waals surface area contributed by atoms with E-state index in [4.69, 9.17) is 4.18 Å². The second-order valence-corrected chi connectivity index (χ2v) is 7.53. The summed E-state index contributed by atoms with van der Waals surface area (Å²) in [4.78, 5) is 12.1. The third-order valence-electron chi connectivity index (χ3n) is 3.43. The van der Waals surface area contributed by atoms with Crippen molar-refractivity contribution in [1.82, 2.24) is 0 Å². The number of unbranched alkanes of at least 4 members (excludes halogenated alkanes) is 1. The molecule has 0 heterocycles. The van der Waals surface area contributed by atoms with Gasteiger partial charge in [-0.2, -0.15) is 8.42 Å². The Bertz CT molecular complexity index is 601. The van der Waals surface area contributed by atoms with Crippen LogP contribution in [0.5, 0.6) is 0 Å². The van der Waals surface area contributed by atoms with Gasteiger partial charge in [-0.25, -0.2) is 0 Å². The van der Waals surface area contributed by atoms with Crippen molar-refractivity contribution >= 4 is 15.9 Å². The summed E-state index contributed by atoms with van der Waals surface area (Å²) in [5.41, 5.74) is 0.143. The molecule has 122 valence electrons. The van der Waals surface area contributed by atoms with Crippen molar-refractivity contribution in [1.29, 1.82) is 0 Å². The van der Waals surface area contributed by atoms with Crippen LogP contribution in [0.25, 0.3) is 0 Å². The highest BCUT2D eigenvalue weighted by molar-refractivity contribution is 7.86. The Morgan fingerprint density at radius 1 is 1.23 bits per heavy atom. The number of ketones is 1. The lowest BCUT2D eigenvalue weighted by Crippen LogP contribution is -2.22. The van der Waals surface area contributed by atoms with Crippen LogP contribution in [0.15, 0.2) is 42.7 Å². The molecule has 1 aromatic rings. The second kappa shape index (κ2) is 8.13. The van der Waals surface area contributed by atoms with Crippen LogP contribution in [0.1, 0.15) is 45.6 Å². The van der Waals surface area contributed by atoms with Gasteiger partial charge in [0.15, 0.2) is 5.78 Å². The van der Waals surface area contributed by atoms with E-state index in [0.717, 1.165) is 25.5 Å². The van der Waals surface area contributed by atoms with Gasteiger partial charge in [-0.05, 0) is 12.0 Å². The lowest BCUT2D eigenvalue weighted by atomic mass is 9.83. The largest absolute Gasteiger partial charge is 0.390 e. The number of carbonyl (C=O) groups is 1. The average molecular weight is 324 g/mol. The first-order chi connectivity index (χ1) is 10.3. The fraction of sp³-hybridized carbons (Fsp3) is 0.471. The number of rotatable bonds is 9. The predicted octanol–water partition coefficient (Wildman–Crippen LogP) is 3.83. The van der Waals surface area contributed by atoms with E-state index in [2.05, 4.69) is 6.92 Å². The Hall–Kier alpha value is -1.62. The molecule has 0 aliphatic heterocycles. The molecular weight excluding hydrogens is 300 g/mol. The van der Waals surface area contributed by atoms with Crippen LogP contribution in [-0.2, 0) is 24.8 Å². The quantitative estimate of drug-likeness (QED) is 0.393. The van der Waals surface area contributed by atoms with Gasteiger partial charge >= 0.3 is 10.1 Å². The Labute approximate surface area is 133 Å². The average Bonchev–Trinajstić information content (AvgIpc) is 2.45. The van der Waals surface area contributed by atoms with Gasteiger partial charge in [0.2, 0.25) is 0 Å². The number of benzene rings is 1. The zero-order valence-corrected chi connectivity index (χ0v) is 14.2. The standard InChI is InChI=1S/C17H24O4S/c1-4-5-12-17(2,3)16(18)11-13-21-22(19,20)14-15-9-7-6-8-10-15/h6-11,13H,4-5,12,14H2,1-3H3. The van der Waals surface area contributed by atoms with E-state index in [1.165, 1.54) is 6.08 Å². The molecule has 0 radical (unpaired) electrons. The smallest absolute Gasteiger partial charge is 0.312 e. The summed E-state index contributed by atoms with van der Waals surface area (Å²) < 4.78 is 28.4. The van der Waals surface area contributed by atoms with Crippen LogP contribution in [0, 0.1) is 5.41 Å². The molecule has 1 rings (SSSR count). The molecule has 0 N–H and O–H groups in total. The first-order valence-corrected chi connectivity index (χ1v) is 9.00. The lowest BCUT2D eigenvalue weighted by molar-refractivity contribution is -0.122. The molecule has 1 aromatic carbocycles. The predicted molar refractivity (Wildman–Crippen MR) is 87.6 cm³/mol. The summed E-state index contributed by atoms with van der Waals surface area (Å²) >= 11 is 0. The highest BCUT2D eigenvalue weighted by Crippen LogP contribution is 2.25. The molecule has 0 aromatic heterocycles. The van der Waals surface area contributed by atoms with Crippen molar-refractivity contribution in [2.45, 2.75) is 45.8 Å². The SMILES string of the molecule is CCCCC(C)(C)C(=O)C=COS(=O)(=O)Cc1ccccc1. The second-order valence-electron chi connectivity index (χ2n) is 5.94.